The summed E-state index contributed by atoms with van der Waals surface area (Å²) in [6.07, 6.45) is 3.70. The van der Waals surface area contributed by atoms with Gasteiger partial charge in [0.2, 0.25) is 0 Å². The van der Waals surface area contributed by atoms with Gasteiger partial charge < -0.3 is 24.5 Å². The van der Waals surface area contributed by atoms with Crippen LogP contribution in [0.1, 0.15) is 21.5 Å². The van der Waals surface area contributed by atoms with Gasteiger partial charge in [0.15, 0.2) is 11.2 Å². The van der Waals surface area contributed by atoms with Gasteiger partial charge in [0.1, 0.15) is 22.5 Å². The maximum atomic E-state index is 13.3. The van der Waals surface area contributed by atoms with E-state index in [0.717, 1.165) is 25.2 Å². The summed E-state index contributed by atoms with van der Waals surface area (Å²) >= 11 is 6.73. The highest BCUT2D eigenvalue weighted by Gasteiger charge is 2.31. The summed E-state index contributed by atoms with van der Waals surface area (Å²) in [6, 6.07) is 12.0. The summed E-state index contributed by atoms with van der Waals surface area (Å²) in [7, 11) is 0. The van der Waals surface area contributed by atoms with E-state index in [9.17, 15) is 14.4 Å². The molecule has 14 heteroatoms. The van der Waals surface area contributed by atoms with Gasteiger partial charge in [0.25, 0.3) is 11.5 Å². The maximum absolute atomic E-state index is 13.3. The molecular weight excluding hydrogens is 605 g/mol. The minimum atomic E-state index is -0.988. The molecule has 2 fully saturated rings. The fraction of sp³-hybridized carbons (Fsp3) is 0.267. The van der Waals surface area contributed by atoms with Crippen LogP contribution in [-0.2, 0) is 16.0 Å². The molecule has 2 aromatic carbocycles. The third kappa shape index (κ3) is 6.58. The SMILES string of the molecule is O=C(O)c1ccc(CCN2C(=O)C(=Cc3ccc(OCCN4CCOCC4)c(-c4nc5nc[nH]c5c(=O)[nH]4)c3)SC2=S)cc1. The van der Waals surface area contributed by atoms with Gasteiger partial charge in [0.05, 0.1) is 35.6 Å². The van der Waals surface area contributed by atoms with Crippen LogP contribution >= 0.6 is 24.0 Å². The lowest BCUT2D eigenvalue weighted by molar-refractivity contribution is -0.122. The molecule has 2 saturated heterocycles. The lowest BCUT2D eigenvalue weighted by atomic mass is 10.1. The number of imidazole rings is 1. The molecule has 0 radical (unpaired) electrons. The number of aromatic carboxylic acids is 1. The number of thiocarbonyl (C=S) groups is 1. The van der Waals surface area contributed by atoms with Crippen LogP contribution in [0.25, 0.3) is 28.6 Å². The first-order chi connectivity index (χ1) is 21.4. The van der Waals surface area contributed by atoms with Crippen molar-refractivity contribution >= 4 is 57.4 Å². The number of carbonyl (C=O) groups excluding carboxylic acids is 1. The number of rotatable bonds is 10. The highest BCUT2D eigenvalue weighted by molar-refractivity contribution is 8.26. The largest absolute Gasteiger partial charge is 0.491 e. The van der Waals surface area contributed by atoms with Crippen LogP contribution < -0.4 is 10.3 Å². The zero-order valence-electron chi connectivity index (χ0n) is 23.4. The van der Waals surface area contributed by atoms with Gasteiger partial charge >= 0.3 is 5.97 Å². The van der Waals surface area contributed by atoms with Gasteiger partial charge in [-0.1, -0.05) is 42.2 Å². The molecule has 0 atom stereocenters. The summed E-state index contributed by atoms with van der Waals surface area (Å²) < 4.78 is 12.0. The Morgan fingerprint density at radius 1 is 1.14 bits per heavy atom. The summed E-state index contributed by atoms with van der Waals surface area (Å²) in [4.78, 5) is 55.8. The number of aromatic amines is 2. The van der Waals surface area contributed by atoms with E-state index in [4.69, 9.17) is 26.8 Å². The fourth-order valence-electron chi connectivity index (χ4n) is 4.93. The first-order valence-electron chi connectivity index (χ1n) is 13.9. The van der Waals surface area contributed by atoms with Gasteiger partial charge in [-0.3, -0.25) is 19.4 Å². The van der Waals surface area contributed by atoms with Gasteiger partial charge in [-0.25, -0.2) is 14.8 Å². The molecule has 1 amide bonds. The number of carboxylic acid groups (broad SMARTS) is 1. The van der Waals surface area contributed by atoms with Crippen LogP contribution in [0.3, 0.4) is 0 Å². The predicted molar refractivity (Wildman–Crippen MR) is 170 cm³/mol. The molecular formula is C30H28N6O6S2. The van der Waals surface area contributed by atoms with Crippen molar-refractivity contribution in [2.24, 2.45) is 0 Å². The molecule has 4 heterocycles. The summed E-state index contributed by atoms with van der Waals surface area (Å²) in [6.45, 7) is 4.59. The number of morpholine rings is 1. The average molecular weight is 633 g/mol. The van der Waals surface area contributed by atoms with Crippen LogP contribution in [0.5, 0.6) is 5.75 Å². The fourth-order valence-corrected chi connectivity index (χ4v) is 6.24. The molecule has 2 aliphatic heterocycles. The van der Waals surface area contributed by atoms with Crippen molar-refractivity contribution in [1.82, 2.24) is 29.7 Å². The predicted octanol–water partition coefficient (Wildman–Crippen LogP) is 3.17. The number of amides is 1. The number of carboxylic acids is 1. The van der Waals surface area contributed by atoms with E-state index in [0.29, 0.717) is 64.7 Å². The Labute approximate surface area is 261 Å². The standard InChI is InChI=1S/C30H28N6O6S2/c37-27-24-26(32-17-31-24)33-25(34-27)21-15-19(3-6-22(21)42-14-11-35-9-12-41-13-10-35)16-23-28(38)36(30(43)44-23)8-7-18-1-4-20(5-2-18)29(39)40/h1-6,15-17H,7-14H2,(H,39,40)(H2,31,32,33,34,37). The Balaban J connectivity index is 1.23. The summed E-state index contributed by atoms with van der Waals surface area (Å²) in [5.41, 5.74) is 2.58. The quantitative estimate of drug-likeness (QED) is 0.175. The second-order valence-electron chi connectivity index (χ2n) is 10.2. The number of H-pyrrole nitrogens is 2. The second-order valence-corrected chi connectivity index (χ2v) is 11.8. The van der Waals surface area contributed by atoms with Crippen molar-refractivity contribution in [3.8, 4) is 17.1 Å². The lowest BCUT2D eigenvalue weighted by Crippen LogP contribution is -2.38. The number of nitrogens with zero attached hydrogens (tertiary/aromatic N) is 4. The van der Waals surface area contributed by atoms with Gasteiger partial charge in [0, 0.05) is 26.2 Å². The number of thioether (sulfide) groups is 1. The van der Waals surface area contributed by atoms with E-state index < -0.39 is 5.97 Å². The van der Waals surface area contributed by atoms with Gasteiger partial charge in [-0.05, 0) is 47.9 Å². The molecule has 0 unspecified atom stereocenters. The minimum Gasteiger partial charge on any atom is -0.491 e. The van der Waals surface area contributed by atoms with Crippen LogP contribution in [0.2, 0.25) is 0 Å². The Morgan fingerprint density at radius 3 is 2.70 bits per heavy atom. The van der Waals surface area contributed by atoms with Crippen molar-refractivity contribution < 1.29 is 24.2 Å². The number of aromatic nitrogens is 4. The first kappa shape index (κ1) is 29.7. The Hall–Kier alpha value is -4.37. The molecule has 2 aliphatic rings. The van der Waals surface area contributed by atoms with Gasteiger partial charge in [-0.2, -0.15) is 0 Å². The number of fused-ring (bicyclic) bond motifs is 1. The molecule has 0 saturated carbocycles. The van der Waals surface area contributed by atoms with Crippen molar-refractivity contribution in [3.05, 3.63) is 80.7 Å². The molecule has 2 aromatic heterocycles. The van der Waals surface area contributed by atoms with Crippen molar-refractivity contribution in [2.45, 2.75) is 6.42 Å². The smallest absolute Gasteiger partial charge is 0.335 e. The highest BCUT2D eigenvalue weighted by atomic mass is 32.2. The number of nitrogens with one attached hydrogen (secondary N) is 2. The lowest BCUT2D eigenvalue weighted by Gasteiger charge is -2.26. The molecule has 6 rings (SSSR count). The van der Waals surface area contributed by atoms with Gasteiger partial charge in [-0.15, -0.1) is 0 Å². The minimum absolute atomic E-state index is 0.207. The summed E-state index contributed by atoms with van der Waals surface area (Å²) in [5.74, 6) is -0.361. The number of carbonyl (C=O) groups is 2. The van der Waals surface area contributed by atoms with E-state index in [1.54, 1.807) is 41.3 Å². The van der Waals surface area contributed by atoms with Crippen molar-refractivity contribution in [2.75, 3.05) is 46.0 Å². The average Bonchev–Trinajstić information content (AvgIpc) is 3.61. The molecule has 44 heavy (non-hydrogen) atoms. The van der Waals surface area contributed by atoms with E-state index in [1.165, 1.54) is 18.1 Å². The van der Waals surface area contributed by atoms with E-state index in [2.05, 4.69) is 24.8 Å². The Morgan fingerprint density at radius 2 is 1.93 bits per heavy atom. The molecule has 0 bridgehead atoms. The third-order valence-electron chi connectivity index (χ3n) is 7.32. The Bertz CT molecular complexity index is 1810. The normalized spacial score (nSPS) is 16.7. The van der Waals surface area contributed by atoms with E-state index in [-0.39, 0.29) is 28.2 Å². The molecule has 4 aromatic rings. The molecule has 0 aliphatic carbocycles. The van der Waals surface area contributed by atoms with E-state index in [1.807, 2.05) is 12.1 Å². The van der Waals surface area contributed by atoms with Crippen molar-refractivity contribution in [3.63, 3.8) is 0 Å². The number of benzene rings is 2. The zero-order chi connectivity index (χ0) is 30.6. The monoisotopic (exact) mass is 632 g/mol. The molecule has 12 nitrogen and oxygen atoms in total. The number of hydrogen-bond acceptors (Lipinski definition) is 10. The van der Waals surface area contributed by atoms with Crippen LogP contribution in [0, 0.1) is 0 Å². The topological polar surface area (TPSA) is 154 Å². The highest BCUT2D eigenvalue weighted by Crippen LogP contribution is 2.35. The van der Waals surface area contributed by atoms with Crippen LogP contribution in [-0.4, -0.2) is 97.0 Å². The number of hydrogen-bond donors (Lipinski definition) is 3. The summed E-state index contributed by atoms with van der Waals surface area (Å²) in [5, 5.41) is 9.11. The zero-order valence-corrected chi connectivity index (χ0v) is 25.1. The second kappa shape index (κ2) is 13.1. The number of ether oxygens (including phenoxy) is 2. The maximum Gasteiger partial charge on any atom is 0.335 e. The van der Waals surface area contributed by atoms with Crippen LogP contribution in [0.4, 0.5) is 0 Å². The third-order valence-corrected chi connectivity index (χ3v) is 8.70. The first-order valence-corrected chi connectivity index (χ1v) is 15.2. The van der Waals surface area contributed by atoms with E-state index >= 15 is 0 Å². The molecule has 226 valence electrons. The molecule has 0 spiro atoms. The molecule has 3 N–H and O–H groups in total. The van der Waals surface area contributed by atoms with Crippen LogP contribution in [0.15, 0.2) is 58.5 Å². The van der Waals surface area contributed by atoms with Crippen molar-refractivity contribution in [1.29, 1.82) is 0 Å². The Kier molecular flexibility index (Phi) is 8.84.